The van der Waals surface area contributed by atoms with Crippen molar-refractivity contribution in [2.75, 3.05) is 27.0 Å². The first-order valence-corrected chi connectivity index (χ1v) is 12.0. The third-order valence-corrected chi connectivity index (χ3v) is 7.32. The van der Waals surface area contributed by atoms with Crippen LogP contribution < -0.4 is 9.47 Å². The van der Waals surface area contributed by atoms with Crippen molar-refractivity contribution in [1.29, 1.82) is 0 Å². The molecule has 0 unspecified atom stereocenters. The molecule has 2 heterocycles. The molecule has 178 valence electrons. The smallest absolute Gasteiger partial charge is 0.253 e. The molecule has 1 fully saturated rings. The lowest BCUT2D eigenvalue weighted by Gasteiger charge is -2.19. The number of nitrogens with zero attached hydrogens (tertiary/aromatic N) is 3. The number of carbonyl (C=O) groups is 1. The number of amides is 1. The molecule has 3 aromatic rings. The molecule has 7 nitrogen and oxygen atoms in total. The second-order valence-electron chi connectivity index (χ2n) is 9.58. The zero-order chi connectivity index (χ0) is 24.0. The van der Waals surface area contributed by atoms with Crippen LogP contribution in [0.1, 0.15) is 46.6 Å². The second-order valence-corrected chi connectivity index (χ2v) is 9.58. The molecular formula is C28H27N3O4. The summed E-state index contributed by atoms with van der Waals surface area (Å²) in [5, 5.41) is 9.21. The number of aliphatic hydroxyl groups excluding tert-OH is 1. The third-order valence-electron chi connectivity index (χ3n) is 7.32. The standard InChI is InChI=1S/C28H27N3O4/c1-31(10-11-32)27(33)20-2-4-23-21(13-20)12-19(6-7-28(23)8-9-28)26-29-15-22(16-30-26)18-3-5-24-25(14-18)35-17-34-24/h2-6,13-16,32H,7-12,17H2,1H3. The van der Waals surface area contributed by atoms with Gasteiger partial charge in [-0.3, -0.25) is 4.79 Å². The van der Waals surface area contributed by atoms with Gasteiger partial charge in [0, 0.05) is 43.5 Å². The summed E-state index contributed by atoms with van der Waals surface area (Å²) >= 11 is 0. The van der Waals surface area contributed by atoms with E-state index in [0.717, 1.165) is 53.0 Å². The van der Waals surface area contributed by atoms with E-state index < -0.39 is 0 Å². The molecule has 2 aromatic carbocycles. The zero-order valence-electron chi connectivity index (χ0n) is 19.7. The number of benzene rings is 2. The number of rotatable bonds is 5. The summed E-state index contributed by atoms with van der Waals surface area (Å²) in [5.41, 5.74) is 6.30. The molecule has 35 heavy (non-hydrogen) atoms. The van der Waals surface area contributed by atoms with E-state index in [0.29, 0.717) is 24.4 Å². The molecule has 1 N–H and O–H groups in total. The van der Waals surface area contributed by atoms with Crippen molar-refractivity contribution in [3.8, 4) is 22.6 Å². The Hall–Kier alpha value is -3.71. The minimum atomic E-state index is -0.0780. The number of allylic oxidation sites excluding steroid dienone is 2. The summed E-state index contributed by atoms with van der Waals surface area (Å²) in [4.78, 5) is 23.8. The van der Waals surface area contributed by atoms with Crippen LogP contribution in [-0.2, 0) is 11.8 Å². The van der Waals surface area contributed by atoms with Crippen LogP contribution in [0.3, 0.4) is 0 Å². The molecule has 6 rings (SSSR count). The maximum absolute atomic E-state index is 12.8. The molecule has 2 aliphatic carbocycles. The van der Waals surface area contributed by atoms with E-state index in [4.69, 9.17) is 19.4 Å². The van der Waals surface area contributed by atoms with Crippen LogP contribution in [0.5, 0.6) is 11.5 Å². The maximum Gasteiger partial charge on any atom is 0.253 e. The minimum absolute atomic E-state index is 0.0528. The van der Waals surface area contributed by atoms with Gasteiger partial charge in [0.25, 0.3) is 5.91 Å². The number of hydrogen-bond acceptors (Lipinski definition) is 6. The van der Waals surface area contributed by atoms with Crippen molar-refractivity contribution in [3.05, 3.63) is 77.4 Å². The van der Waals surface area contributed by atoms with Gasteiger partial charge < -0.3 is 19.5 Å². The van der Waals surface area contributed by atoms with Crippen molar-refractivity contribution in [2.45, 2.75) is 31.1 Å². The molecule has 0 radical (unpaired) electrons. The minimum Gasteiger partial charge on any atom is -0.454 e. The Labute approximate surface area is 204 Å². The van der Waals surface area contributed by atoms with Gasteiger partial charge in [0.2, 0.25) is 6.79 Å². The first-order chi connectivity index (χ1) is 17.1. The molecule has 1 saturated carbocycles. The Morgan fingerprint density at radius 1 is 1.06 bits per heavy atom. The predicted octanol–water partition coefficient (Wildman–Crippen LogP) is 4.00. The highest BCUT2D eigenvalue weighted by Gasteiger charge is 2.45. The fourth-order valence-electron chi connectivity index (χ4n) is 5.08. The van der Waals surface area contributed by atoms with Crippen LogP contribution in [0.2, 0.25) is 0 Å². The first-order valence-electron chi connectivity index (χ1n) is 12.0. The van der Waals surface area contributed by atoms with Crippen LogP contribution in [0, 0.1) is 0 Å². The van der Waals surface area contributed by atoms with Crippen molar-refractivity contribution in [1.82, 2.24) is 14.9 Å². The molecule has 1 aliphatic heterocycles. The lowest BCUT2D eigenvalue weighted by atomic mass is 9.88. The normalized spacial score (nSPS) is 16.9. The average molecular weight is 470 g/mol. The Morgan fingerprint density at radius 3 is 2.63 bits per heavy atom. The fraction of sp³-hybridized carbons (Fsp3) is 0.321. The highest BCUT2D eigenvalue weighted by Crippen LogP contribution is 2.54. The summed E-state index contributed by atoms with van der Waals surface area (Å²) in [6.07, 6.45) is 9.94. The largest absolute Gasteiger partial charge is 0.454 e. The van der Waals surface area contributed by atoms with E-state index in [9.17, 15) is 9.90 Å². The van der Waals surface area contributed by atoms with Gasteiger partial charge in [-0.2, -0.15) is 0 Å². The Bertz CT molecular complexity index is 1330. The first kappa shape index (κ1) is 21.8. The molecule has 1 aromatic heterocycles. The van der Waals surface area contributed by atoms with E-state index in [1.165, 1.54) is 5.56 Å². The average Bonchev–Trinajstić information content (AvgIpc) is 3.56. The van der Waals surface area contributed by atoms with Crippen molar-refractivity contribution in [2.24, 2.45) is 0 Å². The molecule has 1 spiro atoms. The van der Waals surface area contributed by atoms with Crippen LogP contribution in [0.4, 0.5) is 0 Å². The fourth-order valence-corrected chi connectivity index (χ4v) is 5.08. The molecule has 0 atom stereocenters. The number of aromatic nitrogens is 2. The van der Waals surface area contributed by atoms with Gasteiger partial charge in [0.1, 0.15) is 0 Å². The van der Waals surface area contributed by atoms with Gasteiger partial charge in [0.05, 0.1) is 6.61 Å². The molecule has 1 amide bonds. The van der Waals surface area contributed by atoms with Crippen molar-refractivity contribution < 1.29 is 19.4 Å². The zero-order valence-corrected chi connectivity index (χ0v) is 19.7. The molecule has 3 aliphatic rings. The van der Waals surface area contributed by atoms with Crippen LogP contribution in [0.25, 0.3) is 16.7 Å². The Balaban J connectivity index is 1.29. The molecule has 7 heteroatoms. The number of fused-ring (bicyclic) bond motifs is 3. The summed E-state index contributed by atoms with van der Waals surface area (Å²) < 4.78 is 10.9. The lowest BCUT2D eigenvalue weighted by molar-refractivity contribution is 0.0767. The summed E-state index contributed by atoms with van der Waals surface area (Å²) in [6.45, 7) is 0.508. The lowest BCUT2D eigenvalue weighted by Crippen LogP contribution is -2.29. The molecule has 0 bridgehead atoms. The van der Waals surface area contributed by atoms with Crippen molar-refractivity contribution >= 4 is 11.5 Å². The predicted molar refractivity (Wildman–Crippen MR) is 131 cm³/mol. The summed E-state index contributed by atoms with van der Waals surface area (Å²) in [6, 6.07) is 11.9. The molecule has 0 saturated heterocycles. The number of aliphatic hydroxyl groups is 1. The van der Waals surface area contributed by atoms with Crippen LogP contribution in [-0.4, -0.2) is 52.9 Å². The quantitative estimate of drug-likeness (QED) is 0.608. The van der Waals surface area contributed by atoms with Gasteiger partial charge in [0.15, 0.2) is 17.3 Å². The van der Waals surface area contributed by atoms with E-state index in [1.54, 1.807) is 11.9 Å². The number of likely N-dealkylation sites (N-methyl/N-ethyl adjacent to an activating group) is 1. The summed E-state index contributed by atoms with van der Waals surface area (Å²) in [5.74, 6) is 2.13. The van der Waals surface area contributed by atoms with Gasteiger partial charge in [-0.05, 0) is 71.2 Å². The van der Waals surface area contributed by atoms with E-state index >= 15 is 0 Å². The highest BCUT2D eigenvalue weighted by atomic mass is 16.7. The Kier molecular flexibility index (Phi) is 5.29. The topological polar surface area (TPSA) is 84.8 Å². The maximum atomic E-state index is 12.8. The number of hydrogen-bond donors (Lipinski definition) is 1. The van der Waals surface area contributed by atoms with E-state index in [-0.39, 0.29) is 24.7 Å². The monoisotopic (exact) mass is 469 g/mol. The van der Waals surface area contributed by atoms with E-state index in [2.05, 4.69) is 12.1 Å². The third kappa shape index (κ3) is 3.96. The second kappa shape index (κ2) is 8.50. The highest BCUT2D eigenvalue weighted by molar-refractivity contribution is 5.94. The van der Waals surface area contributed by atoms with Crippen LogP contribution in [0.15, 0.2) is 54.9 Å². The molecular weight excluding hydrogens is 442 g/mol. The number of carbonyl (C=O) groups excluding carboxylic acids is 1. The number of ether oxygens (including phenoxy) is 2. The van der Waals surface area contributed by atoms with Gasteiger partial charge in [-0.15, -0.1) is 0 Å². The van der Waals surface area contributed by atoms with Gasteiger partial charge in [-0.1, -0.05) is 18.2 Å². The Morgan fingerprint density at radius 2 is 1.86 bits per heavy atom. The SMILES string of the molecule is CN(CCO)C(=O)c1ccc2c(c1)CC(c1ncc(-c3ccc4c(c3)OCO4)cn1)=CCC21CC1. The van der Waals surface area contributed by atoms with Gasteiger partial charge in [-0.25, -0.2) is 9.97 Å². The van der Waals surface area contributed by atoms with E-state index in [1.807, 2.05) is 42.7 Å². The van der Waals surface area contributed by atoms with Crippen LogP contribution >= 0.6 is 0 Å². The summed E-state index contributed by atoms with van der Waals surface area (Å²) in [7, 11) is 1.72. The van der Waals surface area contributed by atoms with Crippen molar-refractivity contribution in [3.63, 3.8) is 0 Å². The van der Waals surface area contributed by atoms with Gasteiger partial charge >= 0.3 is 0 Å².